The Balaban J connectivity index is 2.23. The predicted octanol–water partition coefficient (Wildman–Crippen LogP) is 0.661. The average Bonchev–Trinajstić information content (AvgIpc) is 2.71. The monoisotopic (exact) mass is 276 g/mol. The number of hydrogen-bond acceptors (Lipinski definition) is 4. The summed E-state index contributed by atoms with van der Waals surface area (Å²) < 4.78 is 0. The third-order valence-corrected chi connectivity index (χ3v) is 3.38. The number of amides is 2. The van der Waals surface area contributed by atoms with Crippen molar-refractivity contribution in [1.29, 1.82) is 0 Å². The SMILES string of the molecule is CCNC(=O)c1ccc(N)cc1NC1CCN(C)C1=O. The minimum atomic E-state index is -0.296. The van der Waals surface area contributed by atoms with Crippen molar-refractivity contribution in [3.05, 3.63) is 23.8 Å². The summed E-state index contributed by atoms with van der Waals surface area (Å²) in [6.07, 6.45) is 0.721. The van der Waals surface area contributed by atoms with Gasteiger partial charge in [-0.15, -0.1) is 0 Å². The molecule has 6 nitrogen and oxygen atoms in total. The van der Waals surface area contributed by atoms with Crippen LogP contribution < -0.4 is 16.4 Å². The number of nitrogens with one attached hydrogen (secondary N) is 2. The molecule has 6 heteroatoms. The summed E-state index contributed by atoms with van der Waals surface area (Å²) in [5.41, 5.74) is 7.43. The molecular weight excluding hydrogens is 256 g/mol. The molecule has 20 heavy (non-hydrogen) atoms. The van der Waals surface area contributed by atoms with E-state index in [1.54, 1.807) is 30.1 Å². The number of anilines is 2. The second-order valence-corrected chi connectivity index (χ2v) is 4.91. The molecule has 1 atom stereocenters. The van der Waals surface area contributed by atoms with Gasteiger partial charge in [0.2, 0.25) is 5.91 Å². The van der Waals surface area contributed by atoms with Crippen molar-refractivity contribution < 1.29 is 9.59 Å². The lowest BCUT2D eigenvalue weighted by molar-refractivity contribution is -0.127. The second kappa shape index (κ2) is 5.81. The Morgan fingerprint density at radius 2 is 2.25 bits per heavy atom. The van der Waals surface area contributed by atoms with E-state index in [-0.39, 0.29) is 17.9 Å². The number of hydrogen-bond donors (Lipinski definition) is 3. The predicted molar refractivity (Wildman–Crippen MR) is 78.5 cm³/mol. The van der Waals surface area contributed by atoms with Gasteiger partial charge in [-0.1, -0.05) is 0 Å². The molecule has 1 aromatic rings. The first-order chi connectivity index (χ1) is 9.52. The van der Waals surface area contributed by atoms with Crippen LogP contribution in [0.4, 0.5) is 11.4 Å². The number of likely N-dealkylation sites (tertiary alicyclic amines) is 1. The van der Waals surface area contributed by atoms with Gasteiger partial charge in [-0.05, 0) is 31.5 Å². The van der Waals surface area contributed by atoms with Gasteiger partial charge in [0.05, 0.1) is 5.56 Å². The zero-order valence-electron chi connectivity index (χ0n) is 11.8. The van der Waals surface area contributed by atoms with Crippen molar-refractivity contribution in [1.82, 2.24) is 10.2 Å². The Bertz CT molecular complexity index is 530. The lowest BCUT2D eigenvalue weighted by Gasteiger charge is -2.17. The van der Waals surface area contributed by atoms with Crippen molar-refractivity contribution in [2.45, 2.75) is 19.4 Å². The van der Waals surface area contributed by atoms with Gasteiger partial charge in [0.1, 0.15) is 6.04 Å². The number of nitrogens with zero attached hydrogens (tertiary/aromatic N) is 1. The molecule has 1 unspecified atom stereocenters. The van der Waals surface area contributed by atoms with E-state index in [4.69, 9.17) is 5.73 Å². The molecule has 0 aliphatic carbocycles. The van der Waals surface area contributed by atoms with E-state index >= 15 is 0 Å². The normalized spacial score (nSPS) is 18.2. The summed E-state index contributed by atoms with van der Waals surface area (Å²) >= 11 is 0. The first-order valence-corrected chi connectivity index (χ1v) is 6.72. The number of benzene rings is 1. The van der Waals surface area contributed by atoms with Crippen LogP contribution >= 0.6 is 0 Å². The largest absolute Gasteiger partial charge is 0.399 e. The molecule has 0 radical (unpaired) electrons. The smallest absolute Gasteiger partial charge is 0.253 e. The van der Waals surface area contributed by atoms with Crippen LogP contribution in [0.25, 0.3) is 0 Å². The van der Waals surface area contributed by atoms with Gasteiger partial charge in [-0.25, -0.2) is 0 Å². The van der Waals surface area contributed by atoms with E-state index in [1.807, 2.05) is 6.92 Å². The maximum Gasteiger partial charge on any atom is 0.253 e. The van der Waals surface area contributed by atoms with Gasteiger partial charge in [0, 0.05) is 31.5 Å². The maximum atomic E-state index is 12.0. The van der Waals surface area contributed by atoms with Crippen LogP contribution in [-0.4, -0.2) is 42.9 Å². The van der Waals surface area contributed by atoms with Gasteiger partial charge >= 0.3 is 0 Å². The topological polar surface area (TPSA) is 87.5 Å². The lowest BCUT2D eigenvalue weighted by Crippen LogP contribution is -2.32. The fourth-order valence-corrected chi connectivity index (χ4v) is 2.28. The quantitative estimate of drug-likeness (QED) is 0.705. The van der Waals surface area contributed by atoms with E-state index in [2.05, 4.69) is 10.6 Å². The maximum absolute atomic E-state index is 12.0. The summed E-state index contributed by atoms with van der Waals surface area (Å²) in [5, 5.41) is 5.89. The molecule has 1 aliphatic rings. The number of likely N-dealkylation sites (N-methyl/N-ethyl adjacent to an activating group) is 1. The third kappa shape index (κ3) is 2.84. The Kier molecular flexibility index (Phi) is 4.12. The van der Waals surface area contributed by atoms with Gasteiger partial charge in [-0.2, -0.15) is 0 Å². The van der Waals surface area contributed by atoms with Crippen molar-refractivity contribution in [3.8, 4) is 0 Å². The molecule has 4 N–H and O–H groups in total. The van der Waals surface area contributed by atoms with Gasteiger partial charge in [0.15, 0.2) is 0 Å². The van der Waals surface area contributed by atoms with Crippen molar-refractivity contribution in [3.63, 3.8) is 0 Å². The number of nitrogens with two attached hydrogens (primary N) is 1. The van der Waals surface area contributed by atoms with Crippen molar-refractivity contribution in [2.75, 3.05) is 31.2 Å². The molecule has 0 aromatic heterocycles. The molecule has 1 saturated heterocycles. The van der Waals surface area contributed by atoms with Crippen LogP contribution in [0.5, 0.6) is 0 Å². The Labute approximate surface area is 118 Å². The third-order valence-electron chi connectivity index (χ3n) is 3.38. The molecule has 108 valence electrons. The van der Waals surface area contributed by atoms with Crippen LogP contribution in [0.3, 0.4) is 0 Å². The molecule has 1 fully saturated rings. The first-order valence-electron chi connectivity index (χ1n) is 6.72. The van der Waals surface area contributed by atoms with E-state index in [1.165, 1.54) is 0 Å². The highest BCUT2D eigenvalue weighted by Gasteiger charge is 2.29. The first kappa shape index (κ1) is 14.2. The fraction of sp³-hybridized carbons (Fsp3) is 0.429. The van der Waals surface area contributed by atoms with E-state index < -0.39 is 0 Å². The standard InChI is InChI=1S/C14H20N4O2/c1-3-16-13(19)10-5-4-9(15)8-12(10)17-11-6-7-18(2)14(11)20/h4-5,8,11,17H,3,6-7,15H2,1-2H3,(H,16,19). The van der Waals surface area contributed by atoms with Crippen LogP contribution in [-0.2, 0) is 4.79 Å². The van der Waals surface area contributed by atoms with E-state index in [0.29, 0.717) is 23.5 Å². The lowest BCUT2D eigenvalue weighted by atomic mass is 10.1. The summed E-state index contributed by atoms with van der Waals surface area (Å²) in [4.78, 5) is 25.6. The number of carbonyl (C=O) groups is 2. The molecule has 0 saturated carbocycles. The van der Waals surface area contributed by atoms with E-state index in [9.17, 15) is 9.59 Å². The van der Waals surface area contributed by atoms with Crippen LogP contribution in [0.15, 0.2) is 18.2 Å². The molecule has 0 bridgehead atoms. The molecule has 2 rings (SSSR count). The van der Waals surface area contributed by atoms with Crippen molar-refractivity contribution in [2.24, 2.45) is 0 Å². The highest BCUT2D eigenvalue weighted by Crippen LogP contribution is 2.23. The molecule has 0 spiro atoms. The average molecular weight is 276 g/mol. The van der Waals surface area contributed by atoms with Crippen LogP contribution in [0, 0.1) is 0 Å². The van der Waals surface area contributed by atoms with Crippen LogP contribution in [0.1, 0.15) is 23.7 Å². The molecular formula is C14H20N4O2. The minimum Gasteiger partial charge on any atom is -0.399 e. The number of nitrogen functional groups attached to an aromatic ring is 1. The summed E-state index contributed by atoms with van der Waals surface area (Å²) in [5.74, 6) is -0.136. The fourth-order valence-electron chi connectivity index (χ4n) is 2.28. The summed E-state index contributed by atoms with van der Waals surface area (Å²) in [6, 6.07) is 4.75. The van der Waals surface area contributed by atoms with Gasteiger partial charge in [0.25, 0.3) is 5.91 Å². The highest BCUT2D eigenvalue weighted by molar-refractivity contribution is 6.01. The van der Waals surface area contributed by atoms with Crippen LogP contribution in [0.2, 0.25) is 0 Å². The molecule has 1 heterocycles. The Hall–Kier alpha value is -2.24. The summed E-state index contributed by atoms with van der Waals surface area (Å²) in [7, 11) is 1.77. The van der Waals surface area contributed by atoms with E-state index in [0.717, 1.165) is 13.0 Å². The molecule has 1 aliphatic heterocycles. The zero-order chi connectivity index (χ0) is 14.7. The Morgan fingerprint density at radius 3 is 2.85 bits per heavy atom. The Morgan fingerprint density at radius 1 is 1.50 bits per heavy atom. The highest BCUT2D eigenvalue weighted by atomic mass is 16.2. The van der Waals surface area contributed by atoms with Crippen molar-refractivity contribution >= 4 is 23.2 Å². The molecule has 1 aromatic carbocycles. The number of carbonyl (C=O) groups excluding carboxylic acids is 2. The zero-order valence-corrected chi connectivity index (χ0v) is 11.8. The summed E-state index contributed by atoms with van der Waals surface area (Å²) in [6.45, 7) is 3.13. The number of rotatable bonds is 4. The minimum absolute atomic E-state index is 0.0364. The molecule has 2 amide bonds. The second-order valence-electron chi connectivity index (χ2n) is 4.91. The van der Waals surface area contributed by atoms with Gasteiger partial charge in [-0.3, -0.25) is 9.59 Å². The van der Waals surface area contributed by atoms with Gasteiger partial charge < -0.3 is 21.3 Å².